The third kappa shape index (κ3) is 3.57. The van der Waals surface area contributed by atoms with Crippen molar-refractivity contribution in [2.24, 2.45) is 5.92 Å². The van der Waals surface area contributed by atoms with Crippen LogP contribution in [0.1, 0.15) is 24.8 Å². The molecular weight excluding hydrogens is 371 g/mol. The lowest BCUT2D eigenvalue weighted by molar-refractivity contribution is -0.142. The monoisotopic (exact) mass is 396 g/mol. The summed E-state index contributed by atoms with van der Waals surface area (Å²) < 4.78 is 13.6. The number of pyridine rings is 1. The number of benzene rings is 1. The summed E-state index contributed by atoms with van der Waals surface area (Å²) in [6, 6.07) is 6.96. The first-order chi connectivity index (χ1) is 13.8. The minimum absolute atomic E-state index is 0.0408. The maximum absolute atomic E-state index is 13.6. The van der Waals surface area contributed by atoms with Gasteiger partial charge in [0.1, 0.15) is 5.82 Å². The number of piperidine rings is 1. The third-order valence-electron chi connectivity index (χ3n) is 6.04. The van der Waals surface area contributed by atoms with Gasteiger partial charge in [0.2, 0.25) is 5.91 Å². The summed E-state index contributed by atoms with van der Waals surface area (Å²) in [6.45, 7) is 1.93. The summed E-state index contributed by atoms with van der Waals surface area (Å²) in [4.78, 5) is 32.7. The van der Waals surface area contributed by atoms with Crippen molar-refractivity contribution in [2.45, 2.75) is 38.3 Å². The molecule has 2 aliphatic rings. The van der Waals surface area contributed by atoms with Gasteiger partial charge in [0.15, 0.2) is 0 Å². The van der Waals surface area contributed by atoms with Gasteiger partial charge >= 0.3 is 6.03 Å². The molecule has 1 aromatic carbocycles. The van der Waals surface area contributed by atoms with E-state index in [0.29, 0.717) is 11.3 Å². The molecule has 4 rings (SSSR count). The number of halogens is 1. The van der Waals surface area contributed by atoms with Crippen LogP contribution in [-0.4, -0.2) is 52.9 Å². The number of rotatable bonds is 3. The number of fused-ring (bicyclic) bond motifs is 2. The molecule has 0 radical (unpaired) electrons. The van der Waals surface area contributed by atoms with Crippen molar-refractivity contribution in [3.63, 3.8) is 0 Å². The first-order valence-corrected chi connectivity index (χ1v) is 9.87. The Morgan fingerprint density at radius 3 is 2.69 bits per heavy atom. The highest BCUT2D eigenvalue weighted by Crippen LogP contribution is 2.43. The standard InChI is InChI=1S/C22H25FN4O2/c1-13-4-5-16(9-19(13)14-8-15(23)12-24-11-14)25-22(29)27-17-6-7-18(20(27)10-17)21(28)26(2)3/h4-5,8-9,11-12,17-18,20H,6-7,10H2,1-3H3,(H,25,29)/t17-,18+,20-/m1/s1. The summed E-state index contributed by atoms with van der Waals surface area (Å²) >= 11 is 0. The number of nitrogens with zero attached hydrogens (tertiary/aromatic N) is 3. The molecular formula is C22H25FN4O2. The van der Waals surface area contributed by atoms with E-state index in [9.17, 15) is 14.0 Å². The third-order valence-corrected chi connectivity index (χ3v) is 6.04. The molecule has 0 aliphatic carbocycles. The molecule has 1 N–H and O–H groups in total. The number of hydrogen-bond donors (Lipinski definition) is 1. The van der Waals surface area contributed by atoms with Gasteiger partial charge in [0, 0.05) is 43.6 Å². The van der Waals surface area contributed by atoms with E-state index in [2.05, 4.69) is 10.3 Å². The molecule has 3 atom stereocenters. The summed E-state index contributed by atoms with van der Waals surface area (Å²) in [6.07, 6.45) is 5.33. The second-order valence-corrected chi connectivity index (χ2v) is 8.13. The van der Waals surface area contributed by atoms with Gasteiger partial charge in [-0.2, -0.15) is 0 Å². The van der Waals surface area contributed by atoms with Gasteiger partial charge in [0.25, 0.3) is 0 Å². The Kier molecular flexibility index (Phi) is 4.98. The smallest absolute Gasteiger partial charge is 0.322 e. The van der Waals surface area contributed by atoms with E-state index in [0.717, 1.165) is 30.4 Å². The van der Waals surface area contributed by atoms with Crippen LogP contribution in [-0.2, 0) is 4.79 Å². The highest BCUT2D eigenvalue weighted by atomic mass is 19.1. The molecule has 0 saturated carbocycles. The lowest BCUT2D eigenvalue weighted by atomic mass is 9.72. The summed E-state index contributed by atoms with van der Waals surface area (Å²) in [5, 5.41) is 2.96. The fourth-order valence-electron chi connectivity index (χ4n) is 4.51. The highest BCUT2D eigenvalue weighted by molar-refractivity contribution is 5.92. The number of aryl methyl sites for hydroxylation is 1. The lowest BCUT2D eigenvalue weighted by Crippen LogP contribution is -2.67. The van der Waals surface area contributed by atoms with Gasteiger partial charge in [-0.05, 0) is 55.5 Å². The van der Waals surface area contributed by atoms with Crippen LogP contribution >= 0.6 is 0 Å². The van der Waals surface area contributed by atoms with Gasteiger partial charge in [-0.3, -0.25) is 9.78 Å². The molecule has 2 aromatic rings. The SMILES string of the molecule is Cc1ccc(NC(=O)N2[C@@H]3CC[C@H](C(=O)N(C)C)[C@H]2C3)cc1-c1cncc(F)c1. The van der Waals surface area contributed by atoms with E-state index in [1.165, 1.54) is 12.3 Å². The van der Waals surface area contributed by atoms with Gasteiger partial charge in [0.05, 0.1) is 12.1 Å². The number of carbonyl (C=O) groups excluding carboxylic acids is 2. The molecule has 3 amide bonds. The maximum Gasteiger partial charge on any atom is 0.322 e. The van der Waals surface area contributed by atoms with Crippen molar-refractivity contribution >= 4 is 17.6 Å². The minimum atomic E-state index is -0.402. The summed E-state index contributed by atoms with van der Waals surface area (Å²) in [5.41, 5.74) is 3.09. The molecule has 0 unspecified atom stereocenters. The number of carbonyl (C=O) groups is 2. The number of nitrogens with one attached hydrogen (secondary N) is 1. The topological polar surface area (TPSA) is 65.5 Å². The maximum atomic E-state index is 13.6. The average Bonchev–Trinajstić information content (AvgIpc) is 2.68. The van der Waals surface area contributed by atoms with Crippen LogP contribution in [0, 0.1) is 18.7 Å². The number of hydrogen-bond acceptors (Lipinski definition) is 3. The van der Waals surface area contributed by atoms with Crippen LogP contribution in [0.3, 0.4) is 0 Å². The average molecular weight is 396 g/mol. The van der Waals surface area contributed by atoms with Crippen LogP contribution in [0.15, 0.2) is 36.7 Å². The van der Waals surface area contributed by atoms with Gasteiger partial charge < -0.3 is 15.1 Å². The van der Waals surface area contributed by atoms with E-state index in [1.54, 1.807) is 25.2 Å². The first kappa shape index (κ1) is 19.4. The van der Waals surface area contributed by atoms with E-state index in [-0.39, 0.29) is 29.9 Å². The van der Waals surface area contributed by atoms with E-state index < -0.39 is 5.82 Å². The zero-order valence-corrected chi connectivity index (χ0v) is 16.9. The molecule has 2 saturated heterocycles. The number of anilines is 1. The molecule has 152 valence electrons. The van der Waals surface area contributed by atoms with E-state index in [4.69, 9.17) is 0 Å². The highest BCUT2D eigenvalue weighted by Gasteiger charge is 2.52. The molecule has 7 heteroatoms. The van der Waals surface area contributed by atoms with Crippen LogP contribution < -0.4 is 5.32 Å². The van der Waals surface area contributed by atoms with Crippen molar-refractivity contribution in [3.05, 3.63) is 48.0 Å². The molecule has 2 aliphatic heterocycles. The Labute approximate surface area is 169 Å². The van der Waals surface area contributed by atoms with E-state index in [1.807, 2.05) is 30.0 Å². The Balaban J connectivity index is 1.52. The van der Waals surface area contributed by atoms with Crippen molar-refractivity contribution in [2.75, 3.05) is 19.4 Å². The number of amides is 3. The summed E-state index contributed by atoms with van der Waals surface area (Å²) in [5.74, 6) is -0.448. The number of urea groups is 1. The molecule has 2 bridgehead atoms. The Morgan fingerprint density at radius 1 is 1.21 bits per heavy atom. The van der Waals surface area contributed by atoms with Gasteiger partial charge in [-0.15, -0.1) is 0 Å². The fourth-order valence-corrected chi connectivity index (χ4v) is 4.51. The molecule has 0 spiro atoms. The molecule has 1 aromatic heterocycles. The molecule has 3 heterocycles. The minimum Gasteiger partial charge on any atom is -0.349 e. The zero-order valence-electron chi connectivity index (χ0n) is 16.9. The normalized spacial score (nSPS) is 22.6. The Bertz CT molecular complexity index is 960. The summed E-state index contributed by atoms with van der Waals surface area (Å²) in [7, 11) is 3.51. The van der Waals surface area contributed by atoms with Crippen molar-refractivity contribution in [3.8, 4) is 11.1 Å². The predicted molar refractivity (Wildman–Crippen MR) is 109 cm³/mol. The van der Waals surface area contributed by atoms with Crippen molar-refractivity contribution in [1.29, 1.82) is 0 Å². The second kappa shape index (κ2) is 7.46. The largest absolute Gasteiger partial charge is 0.349 e. The van der Waals surface area contributed by atoms with Gasteiger partial charge in [-0.25, -0.2) is 9.18 Å². The first-order valence-electron chi connectivity index (χ1n) is 9.87. The van der Waals surface area contributed by atoms with Crippen molar-refractivity contribution < 1.29 is 14.0 Å². The van der Waals surface area contributed by atoms with Crippen LogP contribution in [0.2, 0.25) is 0 Å². The zero-order chi connectivity index (χ0) is 20.7. The second-order valence-electron chi connectivity index (χ2n) is 8.13. The Morgan fingerprint density at radius 2 is 2.00 bits per heavy atom. The van der Waals surface area contributed by atoms with Crippen LogP contribution in [0.25, 0.3) is 11.1 Å². The quantitative estimate of drug-likeness (QED) is 0.861. The lowest BCUT2D eigenvalue weighted by Gasteiger charge is -2.55. The van der Waals surface area contributed by atoms with E-state index >= 15 is 0 Å². The predicted octanol–water partition coefficient (Wildman–Crippen LogP) is 3.67. The Hall–Kier alpha value is -2.96. The van der Waals surface area contributed by atoms with Crippen LogP contribution in [0.4, 0.5) is 14.9 Å². The molecule has 29 heavy (non-hydrogen) atoms. The fraction of sp³-hybridized carbons (Fsp3) is 0.409. The van der Waals surface area contributed by atoms with Crippen molar-refractivity contribution in [1.82, 2.24) is 14.8 Å². The molecule has 2 fully saturated rings. The van der Waals surface area contributed by atoms with Gasteiger partial charge in [-0.1, -0.05) is 6.07 Å². The molecule has 6 nitrogen and oxygen atoms in total. The number of aromatic nitrogens is 1. The van der Waals surface area contributed by atoms with Crippen LogP contribution in [0.5, 0.6) is 0 Å².